The molecule has 0 unspecified atom stereocenters. The number of pyridine rings is 2. The number of nitrogens with zero attached hydrogens (tertiary/aromatic N) is 6. The van der Waals surface area contributed by atoms with Crippen molar-refractivity contribution in [3.8, 4) is 17.1 Å². The van der Waals surface area contributed by atoms with E-state index in [-0.39, 0.29) is 61.7 Å². The van der Waals surface area contributed by atoms with Crippen LogP contribution in [-0.2, 0) is 14.6 Å². The molecule has 1 amide bonds. The second-order valence-corrected chi connectivity index (χ2v) is 13.6. The Morgan fingerprint density at radius 2 is 1.91 bits per heavy atom. The van der Waals surface area contributed by atoms with Crippen LogP contribution in [0.5, 0.6) is 0 Å². The number of amides is 1. The maximum absolute atomic E-state index is 16.0. The first kappa shape index (κ1) is 29.9. The van der Waals surface area contributed by atoms with E-state index in [0.717, 1.165) is 25.5 Å². The van der Waals surface area contributed by atoms with Crippen LogP contribution in [0.1, 0.15) is 37.7 Å². The summed E-state index contributed by atoms with van der Waals surface area (Å²) in [7, 11) is -3.82. The van der Waals surface area contributed by atoms with E-state index in [1.54, 1.807) is 23.1 Å². The third-order valence-corrected chi connectivity index (χ3v) is 9.80. The van der Waals surface area contributed by atoms with Crippen molar-refractivity contribution in [1.82, 2.24) is 24.4 Å². The van der Waals surface area contributed by atoms with Gasteiger partial charge in [0.2, 0.25) is 5.91 Å². The van der Waals surface area contributed by atoms with Crippen molar-refractivity contribution < 1.29 is 17.6 Å². The Morgan fingerprint density at radius 3 is 2.55 bits per heavy atom. The number of piperazine rings is 1. The van der Waals surface area contributed by atoms with Crippen LogP contribution in [0, 0.1) is 5.82 Å². The predicted molar refractivity (Wildman–Crippen MR) is 167 cm³/mol. The third-order valence-electron chi connectivity index (χ3n) is 8.37. The first-order chi connectivity index (χ1) is 21.0. The summed E-state index contributed by atoms with van der Waals surface area (Å²) in [6.45, 7) is 6.42. The van der Waals surface area contributed by atoms with Gasteiger partial charge in [-0.05, 0) is 61.6 Å². The molecule has 1 aliphatic heterocycles. The summed E-state index contributed by atoms with van der Waals surface area (Å²) in [6, 6.07) is 9.05. The molecule has 10 nitrogen and oxygen atoms in total. The lowest BCUT2D eigenvalue weighted by atomic mass is 9.79. The zero-order valence-corrected chi connectivity index (χ0v) is 25.8. The third kappa shape index (κ3) is 5.15. The number of sulfone groups is 1. The number of benzene rings is 1. The largest absolute Gasteiger partial charge is 0.355 e. The second kappa shape index (κ2) is 11.4. The Morgan fingerprint density at radius 1 is 1.14 bits per heavy atom. The molecule has 228 valence electrons. The van der Waals surface area contributed by atoms with Crippen LogP contribution in [0.25, 0.3) is 28.1 Å². The van der Waals surface area contributed by atoms with E-state index in [0.29, 0.717) is 25.2 Å². The molecule has 4 aromatic rings. The lowest BCUT2D eigenvalue weighted by Gasteiger charge is -2.40. The number of fused-ring (bicyclic) bond motifs is 1. The molecule has 6 rings (SSSR count). The lowest BCUT2D eigenvalue weighted by Crippen LogP contribution is -2.54. The summed E-state index contributed by atoms with van der Waals surface area (Å²) in [5.74, 6) is -0.731. The van der Waals surface area contributed by atoms with Gasteiger partial charge in [-0.1, -0.05) is 36.7 Å². The molecule has 2 aliphatic rings. The average Bonchev–Trinajstić information content (AvgIpc) is 2.95. The van der Waals surface area contributed by atoms with E-state index < -0.39 is 21.3 Å². The van der Waals surface area contributed by atoms with E-state index >= 15 is 4.39 Å². The smallest absolute Gasteiger partial charge is 0.350 e. The van der Waals surface area contributed by atoms with Gasteiger partial charge in [0.25, 0.3) is 0 Å². The van der Waals surface area contributed by atoms with Crippen molar-refractivity contribution in [2.45, 2.75) is 43.0 Å². The highest BCUT2D eigenvalue weighted by atomic mass is 35.5. The summed E-state index contributed by atoms with van der Waals surface area (Å²) in [4.78, 5) is 43.2. The van der Waals surface area contributed by atoms with Gasteiger partial charge in [0.05, 0.1) is 21.0 Å². The summed E-state index contributed by atoms with van der Waals surface area (Å²) >= 11 is 6.39. The number of hydrogen-bond donors (Lipinski definition) is 0. The molecule has 1 aliphatic carbocycles. The van der Waals surface area contributed by atoms with Crippen molar-refractivity contribution in [2.75, 3.05) is 30.8 Å². The van der Waals surface area contributed by atoms with E-state index in [9.17, 15) is 18.0 Å². The quantitative estimate of drug-likeness (QED) is 0.283. The molecule has 1 aromatic carbocycles. The van der Waals surface area contributed by atoms with Gasteiger partial charge >= 0.3 is 5.69 Å². The Bertz CT molecular complexity index is 2000. The minimum Gasteiger partial charge on any atom is -0.350 e. The number of hydrogen-bond acceptors (Lipinski definition) is 8. The number of anilines is 1. The molecule has 0 spiro atoms. The molecule has 0 bridgehead atoms. The Kier molecular flexibility index (Phi) is 7.75. The van der Waals surface area contributed by atoms with Crippen LogP contribution < -0.4 is 10.6 Å². The van der Waals surface area contributed by atoms with Crippen molar-refractivity contribution in [3.63, 3.8) is 0 Å². The Balaban J connectivity index is 1.67. The minimum atomic E-state index is -3.82. The molecule has 0 N–H and O–H groups in total. The van der Waals surface area contributed by atoms with E-state index in [1.807, 2.05) is 17.9 Å². The van der Waals surface area contributed by atoms with E-state index in [4.69, 9.17) is 11.6 Å². The monoisotopic (exact) mass is 636 g/mol. The maximum atomic E-state index is 16.0. The summed E-state index contributed by atoms with van der Waals surface area (Å²) in [6.07, 6.45) is 6.44. The molecule has 4 heterocycles. The Hall–Kier alpha value is -4.16. The summed E-state index contributed by atoms with van der Waals surface area (Å²) in [5, 5.41) is 0.362. The predicted octanol–water partition coefficient (Wildman–Crippen LogP) is 4.53. The minimum absolute atomic E-state index is 0.0200. The molecule has 1 atom stereocenters. The first-order valence-corrected chi connectivity index (χ1v) is 16.5. The van der Waals surface area contributed by atoms with Gasteiger partial charge in [0, 0.05) is 38.1 Å². The second-order valence-electron chi connectivity index (χ2n) is 11.2. The molecule has 0 radical (unpaired) electrons. The molecular formula is C31H30ClFN6O4S. The van der Waals surface area contributed by atoms with Gasteiger partial charge < -0.3 is 9.80 Å². The zero-order valence-electron chi connectivity index (χ0n) is 24.2. The topological polar surface area (TPSA) is 118 Å². The number of halogens is 2. The number of carbonyl (C=O) groups is 1. The number of rotatable bonds is 6. The van der Waals surface area contributed by atoms with Gasteiger partial charge in [-0.2, -0.15) is 4.98 Å². The van der Waals surface area contributed by atoms with Crippen molar-refractivity contribution in [3.05, 3.63) is 82.1 Å². The number of para-hydroxylation sites is 1. The van der Waals surface area contributed by atoms with Crippen molar-refractivity contribution in [1.29, 1.82) is 0 Å². The highest BCUT2D eigenvalue weighted by Gasteiger charge is 2.33. The van der Waals surface area contributed by atoms with E-state index in [1.165, 1.54) is 29.0 Å². The number of aromatic nitrogens is 4. The number of carbonyl (C=O) groups excluding carboxylic acids is 1. The van der Waals surface area contributed by atoms with Gasteiger partial charge in [-0.3, -0.25) is 9.78 Å². The van der Waals surface area contributed by atoms with Crippen LogP contribution in [0.15, 0.2) is 64.9 Å². The van der Waals surface area contributed by atoms with Crippen molar-refractivity contribution in [2.24, 2.45) is 0 Å². The maximum Gasteiger partial charge on any atom is 0.355 e. The molecule has 44 heavy (non-hydrogen) atoms. The molecule has 1 saturated carbocycles. The lowest BCUT2D eigenvalue weighted by molar-refractivity contribution is -0.126. The van der Waals surface area contributed by atoms with Gasteiger partial charge in [-0.15, -0.1) is 0 Å². The SMILES string of the molecule is C=CC(=O)N1CCN(c2nc(=O)n(-c3c(C4CCC4)cccc3S(C)(=O)=O)c3nc(-c4ncccc4Cl)c(F)cc23)[C@@H](C)C1. The molecule has 13 heteroatoms. The van der Waals surface area contributed by atoms with Crippen molar-refractivity contribution >= 4 is 44.2 Å². The first-order valence-electron chi connectivity index (χ1n) is 14.2. The van der Waals surface area contributed by atoms with Crippen LogP contribution in [0.2, 0.25) is 5.02 Å². The normalized spacial score (nSPS) is 17.5. The van der Waals surface area contributed by atoms with Crippen LogP contribution >= 0.6 is 11.6 Å². The molecular weight excluding hydrogens is 607 g/mol. The average molecular weight is 637 g/mol. The zero-order chi connectivity index (χ0) is 31.3. The highest BCUT2D eigenvalue weighted by molar-refractivity contribution is 7.90. The molecule has 2 fully saturated rings. The molecule has 3 aromatic heterocycles. The fourth-order valence-electron chi connectivity index (χ4n) is 5.98. The Labute approximate surface area is 258 Å². The standard InChI is InChI=1S/C31H30ClFN6O4S/c1-4-25(40)37-14-15-38(18(2)17-37)29-21-16-23(33)27(26-22(32)11-7-13-34-26)35-30(21)39(31(41)36-29)28-20(19-8-5-9-19)10-6-12-24(28)44(3,42)43/h4,6-7,10-13,16,18-19H,1,5,8-9,14-15,17H2,2-3H3/t18-/m0/s1. The highest BCUT2D eigenvalue weighted by Crippen LogP contribution is 2.42. The van der Waals surface area contributed by atoms with Gasteiger partial charge in [-0.25, -0.2) is 27.2 Å². The van der Waals surface area contributed by atoms with Crippen LogP contribution in [0.3, 0.4) is 0 Å². The van der Waals surface area contributed by atoms with Gasteiger partial charge in [0.15, 0.2) is 21.3 Å². The van der Waals surface area contributed by atoms with Gasteiger partial charge in [0.1, 0.15) is 17.2 Å². The van der Waals surface area contributed by atoms with Crippen LogP contribution in [0.4, 0.5) is 10.2 Å². The van der Waals surface area contributed by atoms with E-state index in [2.05, 4.69) is 21.5 Å². The molecule has 1 saturated heterocycles. The summed E-state index contributed by atoms with van der Waals surface area (Å²) < 4.78 is 43.4. The van der Waals surface area contributed by atoms with Crippen LogP contribution in [-0.4, -0.2) is 70.7 Å². The fourth-order valence-corrected chi connectivity index (χ4v) is 7.08. The summed E-state index contributed by atoms with van der Waals surface area (Å²) in [5.41, 5.74) is -0.00737. The fraction of sp³-hybridized carbons (Fsp3) is 0.323.